The summed E-state index contributed by atoms with van der Waals surface area (Å²) in [7, 11) is 1.28. The van der Waals surface area contributed by atoms with Crippen molar-refractivity contribution in [1.82, 2.24) is 0 Å². The number of carbonyl (C=O) groups excluding carboxylic acids is 2. The number of rotatable bonds is 5. The van der Waals surface area contributed by atoms with Gasteiger partial charge in [0.2, 0.25) is 0 Å². The van der Waals surface area contributed by atoms with E-state index in [9.17, 15) is 9.59 Å². The Bertz CT molecular complexity index is 795. The van der Waals surface area contributed by atoms with E-state index in [1.165, 1.54) is 13.2 Å². The molecule has 0 heterocycles. The van der Waals surface area contributed by atoms with Crippen molar-refractivity contribution in [3.05, 3.63) is 75.4 Å². The molecular formula is C19H18BrNO3. The molecule has 2 aromatic carbocycles. The van der Waals surface area contributed by atoms with Gasteiger partial charge in [0, 0.05) is 21.8 Å². The zero-order valence-corrected chi connectivity index (χ0v) is 15.3. The monoisotopic (exact) mass is 387 g/mol. The highest BCUT2D eigenvalue weighted by Crippen LogP contribution is 2.17. The van der Waals surface area contributed by atoms with Crippen molar-refractivity contribution in [3.63, 3.8) is 0 Å². The molecule has 1 N–H and O–H groups in total. The molecule has 0 unspecified atom stereocenters. The Morgan fingerprint density at radius 2 is 1.71 bits per heavy atom. The van der Waals surface area contributed by atoms with Crippen molar-refractivity contribution in [2.24, 2.45) is 0 Å². The molecule has 0 aliphatic rings. The number of carbonyl (C=O) groups is 2. The predicted molar refractivity (Wildman–Crippen MR) is 98.1 cm³/mol. The van der Waals surface area contributed by atoms with Crippen molar-refractivity contribution in [2.45, 2.75) is 13.8 Å². The number of benzene rings is 2. The molecule has 0 atom stereocenters. The molecule has 2 aromatic rings. The maximum Gasteiger partial charge on any atom is 0.354 e. The molecule has 0 radical (unpaired) electrons. The zero-order chi connectivity index (χ0) is 17.7. The molecule has 0 bridgehead atoms. The van der Waals surface area contributed by atoms with Crippen LogP contribution in [-0.2, 0) is 9.53 Å². The molecule has 124 valence electrons. The van der Waals surface area contributed by atoms with Gasteiger partial charge in [-0.1, -0.05) is 22.0 Å². The van der Waals surface area contributed by atoms with Crippen LogP contribution < -0.4 is 5.32 Å². The van der Waals surface area contributed by atoms with Crippen molar-refractivity contribution in [2.75, 3.05) is 12.4 Å². The molecule has 0 aliphatic carbocycles. The van der Waals surface area contributed by atoms with E-state index in [1.807, 2.05) is 32.0 Å². The minimum Gasteiger partial charge on any atom is -0.464 e. The third kappa shape index (κ3) is 4.55. The van der Waals surface area contributed by atoms with Crippen molar-refractivity contribution < 1.29 is 14.3 Å². The van der Waals surface area contributed by atoms with Gasteiger partial charge in [0.1, 0.15) is 5.70 Å². The number of ether oxygens (including phenoxy) is 1. The number of hydrogen-bond acceptors (Lipinski definition) is 4. The second-order valence-electron chi connectivity index (χ2n) is 5.34. The van der Waals surface area contributed by atoms with Crippen molar-refractivity contribution in [3.8, 4) is 0 Å². The summed E-state index contributed by atoms with van der Waals surface area (Å²) in [6.45, 7) is 3.99. The number of halogens is 1. The van der Waals surface area contributed by atoms with Crippen LogP contribution in [0, 0.1) is 13.8 Å². The second kappa shape index (κ2) is 7.93. The minimum atomic E-state index is -0.598. The number of anilines is 1. The maximum absolute atomic E-state index is 12.4. The third-order valence-electron chi connectivity index (χ3n) is 3.60. The molecule has 5 heteroatoms. The maximum atomic E-state index is 12.4. The standard InChI is InChI=1S/C19H18BrNO3/c1-12-4-9-16(10-13(12)2)21-17(19(23)24-3)11-18(22)14-5-7-15(20)8-6-14/h4-11,21H,1-3H3. The lowest BCUT2D eigenvalue weighted by atomic mass is 10.1. The molecule has 2 rings (SSSR count). The van der Waals surface area contributed by atoms with Crippen LogP contribution in [-0.4, -0.2) is 18.9 Å². The Balaban J connectivity index is 2.30. The predicted octanol–water partition coefficient (Wildman–Crippen LogP) is 4.42. The number of aryl methyl sites for hydroxylation is 2. The van der Waals surface area contributed by atoms with Crippen molar-refractivity contribution in [1.29, 1.82) is 0 Å². The molecule has 0 amide bonds. The highest BCUT2D eigenvalue weighted by Gasteiger charge is 2.14. The molecule has 24 heavy (non-hydrogen) atoms. The molecular weight excluding hydrogens is 370 g/mol. The lowest BCUT2D eigenvalue weighted by Crippen LogP contribution is -2.15. The normalized spacial score (nSPS) is 11.1. The van der Waals surface area contributed by atoms with E-state index >= 15 is 0 Å². The molecule has 0 saturated heterocycles. The van der Waals surface area contributed by atoms with E-state index in [-0.39, 0.29) is 11.5 Å². The number of nitrogens with one attached hydrogen (secondary N) is 1. The number of hydrogen-bond donors (Lipinski definition) is 1. The van der Waals surface area contributed by atoms with Crippen LogP contribution in [0.1, 0.15) is 21.5 Å². The van der Waals surface area contributed by atoms with Crippen LogP contribution in [0.4, 0.5) is 5.69 Å². The van der Waals surface area contributed by atoms with Gasteiger partial charge in [-0.25, -0.2) is 4.79 Å². The third-order valence-corrected chi connectivity index (χ3v) is 4.12. The van der Waals surface area contributed by atoms with Gasteiger partial charge in [-0.15, -0.1) is 0 Å². The summed E-state index contributed by atoms with van der Waals surface area (Å²) in [6, 6.07) is 12.6. The first-order valence-corrected chi connectivity index (χ1v) is 8.14. The molecule has 0 aliphatic heterocycles. The Hall–Kier alpha value is -2.40. The van der Waals surface area contributed by atoms with Gasteiger partial charge in [0.05, 0.1) is 7.11 Å². The van der Waals surface area contributed by atoms with Gasteiger partial charge < -0.3 is 10.1 Å². The Labute approximate surface area is 149 Å². The summed E-state index contributed by atoms with van der Waals surface area (Å²) >= 11 is 3.32. The van der Waals surface area contributed by atoms with Crippen LogP contribution in [0.25, 0.3) is 0 Å². The molecule has 0 fully saturated rings. The Morgan fingerprint density at radius 3 is 2.29 bits per heavy atom. The first-order chi connectivity index (χ1) is 11.4. The van der Waals surface area contributed by atoms with Crippen LogP contribution in [0.5, 0.6) is 0 Å². The summed E-state index contributed by atoms with van der Waals surface area (Å²) in [4.78, 5) is 24.3. The summed E-state index contributed by atoms with van der Waals surface area (Å²) in [5, 5.41) is 2.97. The average molecular weight is 388 g/mol. The average Bonchev–Trinajstić information content (AvgIpc) is 2.57. The largest absolute Gasteiger partial charge is 0.464 e. The summed E-state index contributed by atoms with van der Waals surface area (Å²) < 4.78 is 5.64. The molecule has 4 nitrogen and oxygen atoms in total. The molecule has 0 spiro atoms. The zero-order valence-electron chi connectivity index (χ0n) is 13.7. The lowest BCUT2D eigenvalue weighted by molar-refractivity contribution is -0.135. The summed E-state index contributed by atoms with van der Waals surface area (Å²) in [5.74, 6) is -0.877. The number of ketones is 1. The smallest absolute Gasteiger partial charge is 0.354 e. The van der Waals surface area contributed by atoms with Gasteiger partial charge in [-0.3, -0.25) is 4.79 Å². The second-order valence-corrected chi connectivity index (χ2v) is 6.26. The van der Waals surface area contributed by atoms with Crippen LogP contribution in [0.2, 0.25) is 0 Å². The number of esters is 1. The summed E-state index contributed by atoms with van der Waals surface area (Å²) in [6.07, 6.45) is 1.25. The first-order valence-electron chi connectivity index (χ1n) is 7.35. The topological polar surface area (TPSA) is 55.4 Å². The van der Waals surface area contributed by atoms with Gasteiger partial charge in [0.25, 0.3) is 0 Å². The molecule has 0 saturated carbocycles. The lowest BCUT2D eigenvalue weighted by Gasteiger charge is -2.11. The fourth-order valence-electron chi connectivity index (χ4n) is 2.06. The fraction of sp³-hybridized carbons (Fsp3) is 0.158. The highest BCUT2D eigenvalue weighted by atomic mass is 79.9. The first kappa shape index (κ1) is 17.9. The Morgan fingerprint density at radius 1 is 1.04 bits per heavy atom. The van der Waals surface area contributed by atoms with E-state index in [2.05, 4.69) is 21.2 Å². The quantitative estimate of drug-likeness (QED) is 0.468. The minimum absolute atomic E-state index is 0.0914. The van der Waals surface area contributed by atoms with E-state index < -0.39 is 5.97 Å². The number of methoxy groups -OCH3 is 1. The van der Waals surface area contributed by atoms with E-state index in [0.717, 1.165) is 21.3 Å². The van der Waals surface area contributed by atoms with Crippen molar-refractivity contribution >= 4 is 33.4 Å². The van der Waals surface area contributed by atoms with E-state index in [1.54, 1.807) is 24.3 Å². The number of allylic oxidation sites excluding steroid dienone is 1. The van der Waals surface area contributed by atoms with Crippen LogP contribution in [0.15, 0.2) is 58.7 Å². The van der Waals surface area contributed by atoms with Gasteiger partial charge in [-0.05, 0) is 61.4 Å². The van der Waals surface area contributed by atoms with Gasteiger partial charge in [0.15, 0.2) is 5.78 Å². The van der Waals surface area contributed by atoms with E-state index in [4.69, 9.17) is 4.74 Å². The van der Waals surface area contributed by atoms with E-state index in [0.29, 0.717) is 5.56 Å². The fourth-order valence-corrected chi connectivity index (χ4v) is 2.32. The summed E-state index contributed by atoms with van der Waals surface area (Å²) in [5.41, 5.74) is 3.53. The van der Waals surface area contributed by atoms with Crippen LogP contribution >= 0.6 is 15.9 Å². The molecule has 0 aromatic heterocycles. The highest BCUT2D eigenvalue weighted by molar-refractivity contribution is 9.10. The van der Waals surface area contributed by atoms with Gasteiger partial charge >= 0.3 is 5.97 Å². The Kier molecular flexibility index (Phi) is 5.93. The van der Waals surface area contributed by atoms with Gasteiger partial charge in [-0.2, -0.15) is 0 Å². The SMILES string of the molecule is COC(=O)C(=CC(=O)c1ccc(Br)cc1)Nc1ccc(C)c(C)c1. The van der Waals surface area contributed by atoms with Crippen LogP contribution in [0.3, 0.4) is 0 Å².